The SMILES string of the molecule is Cc1nnc(N2CCN(C(=O)c3sc4cc(F)ccc4c3Cl)CC2)s1. The van der Waals surface area contributed by atoms with E-state index >= 15 is 0 Å². The maximum Gasteiger partial charge on any atom is 0.265 e. The average molecular weight is 397 g/mol. The van der Waals surface area contributed by atoms with Crippen LogP contribution in [0.25, 0.3) is 10.1 Å². The topological polar surface area (TPSA) is 49.3 Å². The Morgan fingerprint density at radius 2 is 1.96 bits per heavy atom. The number of hydrogen-bond acceptors (Lipinski definition) is 6. The zero-order valence-corrected chi connectivity index (χ0v) is 15.7. The molecular formula is C16H14ClFN4OS2. The van der Waals surface area contributed by atoms with Gasteiger partial charge < -0.3 is 9.80 Å². The third kappa shape index (κ3) is 3.09. The van der Waals surface area contributed by atoms with Crippen LogP contribution in [0, 0.1) is 12.7 Å². The molecule has 5 nitrogen and oxygen atoms in total. The van der Waals surface area contributed by atoms with Crippen LogP contribution in [0.5, 0.6) is 0 Å². The summed E-state index contributed by atoms with van der Waals surface area (Å²) < 4.78 is 14.1. The zero-order chi connectivity index (χ0) is 17.6. The number of benzene rings is 1. The molecule has 1 fully saturated rings. The number of anilines is 1. The van der Waals surface area contributed by atoms with Crippen molar-refractivity contribution >= 4 is 55.4 Å². The van der Waals surface area contributed by atoms with Crippen molar-refractivity contribution in [1.82, 2.24) is 15.1 Å². The van der Waals surface area contributed by atoms with E-state index in [0.717, 1.165) is 15.5 Å². The highest BCUT2D eigenvalue weighted by Gasteiger charge is 2.27. The van der Waals surface area contributed by atoms with Gasteiger partial charge in [0.05, 0.1) is 5.02 Å². The molecule has 0 spiro atoms. The number of halogens is 2. The highest BCUT2D eigenvalue weighted by molar-refractivity contribution is 7.21. The largest absolute Gasteiger partial charge is 0.343 e. The Balaban J connectivity index is 1.51. The van der Waals surface area contributed by atoms with Crippen LogP contribution in [0.2, 0.25) is 5.02 Å². The van der Waals surface area contributed by atoms with E-state index in [1.54, 1.807) is 22.3 Å². The number of rotatable bonds is 2. The van der Waals surface area contributed by atoms with Crippen LogP contribution < -0.4 is 4.90 Å². The molecule has 0 atom stereocenters. The monoisotopic (exact) mass is 396 g/mol. The lowest BCUT2D eigenvalue weighted by molar-refractivity contribution is 0.0752. The van der Waals surface area contributed by atoms with Crippen LogP contribution in [-0.2, 0) is 0 Å². The number of aromatic nitrogens is 2. The van der Waals surface area contributed by atoms with E-state index in [0.29, 0.717) is 40.8 Å². The van der Waals surface area contributed by atoms with Crippen molar-refractivity contribution in [2.75, 3.05) is 31.1 Å². The second kappa shape index (κ2) is 6.51. The molecule has 0 bridgehead atoms. The molecule has 0 aliphatic carbocycles. The maximum absolute atomic E-state index is 13.4. The van der Waals surface area contributed by atoms with Gasteiger partial charge in [0.1, 0.15) is 15.7 Å². The number of fused-ring (bicyclic) bond motifs is 1. The predicted octanol–water partition coefficient (Wildman–Crippen LogP) is 3.82. The summed E-state index contributed by atoms with van der Waals surface area (Å²) in [5.74, 6) is -0.426. The van der Waals surface area contributed by atoms with Crippen LogP contribution in [0.4, 0.5) is 9.52 Å². The quantitative estimate of drug-likeness (QED) is 0.660. The summed E-state index contributed by atoms with van der Waals surface area (Å²) in [6.45, 7) is 4.52. The van der Waals surface area contributed by atoms with Gasteiger partial charge in [0.15, 0.2) is 0 Å². The molecule has 130 valence electrons. The van der Waals surface area contributed by atoms with Crippen LogP contribution in [0.1, 0.15) is 14.7 Å². The highest BCUT2D eigenvalue weighted by atomic mass is 35.5. The van der Waals surface area contributed by atoms with Gasteiger partial charge in [0.2, 0.25) is 5.13 Å². The van der Waals surface area contributed by atoms with Crippen LogP contribution in [0.3, 0.4) is 0 Å². The molecule has 2 aromatic heterocycles. The molecule has 25 heavy (non-hydrogen) atoms. The minimum atomic E-state index is -0.328. The molecule has 0 saturated carbocycles. The van der Waals surface area contributed by atoms with E-state index in [9.17, 15) is 9.18 Å². The summed E-state index contributed by atoms with van der Waals surface area (Å²) in [5, 5.41) is 11.1. The second-order valence-corrected chi connectivity index (χ2v) is 8.36. The van der Waals surface area contributed by atoms with Gasteiger partial charge in [0, 0.05) is 36.3 Å². The van der Waals surface area contributed by atoms with Crippen molar-refractivity contribution in [1.29, 1.82) is 0 Å². The van der Waals surface area contributed by atoms with E-state index in [4.69, 9.17) is 11.6 Å². The maximum atomic E-state index is 13.4. The smallest absolute Gasteiger partial charge is 0.265 e. The lowest BCUT2D eigenvalue weighted by Gasteiger charge is -2.34. The molecule has 1 saturated heterocycles. The summed E-state index contributed by atoms with van der Waals surface area (Å²) in [6.07, 6.45) is 0. The molecular weight excluding hydrogens is 383 g/mol. The van der Waals surface area contributed by atoms with Crippen molar-refractivity contribution in [3.63, 3.8) is 0 Å². The number of aryl methyl sites for hydroxylation is 1. The minimum Gasteiger partial charge on any atom is -0.343 e. The van der Waals surface area contributed by atoms with Gasteiger partial charge in [0.25, 0.3) is 5.91 Å². The Labute approximate surface area is 156 Å². The van der Waals surface area contributed by atoms with Gasteiger partial charge in [-0.25, -0.2) is 4.39 Å². The van der Waals surface area contributed by atoms with Crippen LogP contribution in [-0.4, -0.2) is 47.2 Å². The summed E-state index contributed by atoms with van der Waals surface area (Å²) in [6, 6.07) is 4.40. The predicted molar refractivity (Wildman–Crippen MR) is 99.6 cm³/mol. The van der Waals surface area contributed by atoms with Crippen molar-refractivity contribution in [3.05, 3.63) is 38.9 Å². The molecule has 1 amide bonds. The van der Waals surface area contributed by atoms with E-state index in [1.165, 1.54) is 23.5 Å². The minimum absolute atomic E-state index is 0.0975. The second-order valence-electron chi connectivity index (χ2n) is 5.77. The molecule has 1 aliphatic rings. The number of nitrogens with zero attached hydrogens (tertiary/aromatic N) is 4. The zero-order valence-electron chi connectivity index (χ0n) is 13.3. The van der Waals surface area contributed by atoms with Gasteiger partial charge in [-0.1, -0.05) is 22.9 Å². The molecule has 0 unspecified atom stereocenters. The molecule has 1 aromatic carbocycles. The first-order valence-corrected chi connectivity index (χ1v) is 9.76. The average Bonchev–Trinajstić information content (AvgIpc) is 3.18. The normalized spacial score (nSPS) is 15.2. The Bertz CT molecular complexity index is 949. The summed E-state index contributed by atoms with van der Waals surface area (Å²) in [4.78, 5) is 17.2. The molecule has 0 N–H and O–H groups in total. The van der Waals surface area contributed by atoms with Gasteiger partial charge in [-0.2, -0.15) is 0 Å². The highest BCUT2D eigenvalue weighted by Crippen LogP contribution is 2.36. The molecule has 0 radical (unpaired) electrons. The van der Waals surface area contributed by atoms with Gasteiger partial charge in [-0.3, -0.25) is 4.79 Å². The van der Waals surface area contributed by atoms with Crippen molar-refractivity contribution in [3.8, 4) is 0 Å². The number of piperazine rings is 1. The summed E-state index contributed by atoms with van der Waals surface area (Å²) >= 11 is 9.16. The first kappa shape index (κ1) is 16.7. The van der Waals surface area contributed by atoms with Crippen LogP contribution >= 0.6 is 34.3 Å². The fraction of sp³-hybridized carbons (Fsp3) is 0.312. The fourth-order valence-electron chi connectivity index (χ4n) is 2.83. The molecule has 9 heteroatoms. The van der Waals surface area contributed by atoms with Gasteiger partial charge in [-0.05, 0) is 25.1 Å². The summed E-state index contributed by atoms with van der Waals surface area (Å²) in [5.41, 5.74) is 0. The molecule has 3 aromatic rings. The third-order valence-electron chi connectivity index (χ3n) is 4.14. The Kier molecular flexibility index (Phi) is 4.35. The van der Waals surface area contributed by atoms with Crippen molar-refractivity contribution < 1.29 is 9.18 Å². The number of carbonyl (C=O) groups excluding carboxylic acids is 1. The van der Waals surface area contributed by atoms with Crippen molar-refractivity contribution in [2.24, 2.45) is 0 Å². The lowest BCUT2D eigenvalue weighted by Crippen LogP contribution is -2.48. The molecule has 1 aliphatic heterocycles. The Morgan fingerprint density at radius 3 is 2.64 bits per heavy atom. The molecule has 4 rings (SSSR count). The Morgan fingerprint density at radius 1 is 1.20 bits per heavy atom. The number of carbonyl (C=O) groups is 1. The van der Waals surface area contributed by atoms with E-state index in [-0.39, 0.29) is 11.7 Å². The number of amides is 1. The standard InChI is InChI=1S/C16H14ClFN4OS2/c1-9-19-20-16(24-9)22-6-4-21(5-7-22)15(23)14-13(17)11-3-2-10(18)8-12(11)25-14/h2-3,8H,4-7H2,1H3. The first-order valence-electron chi connectivity index (χ1n) is 7.75. The van der Waals surface area contributed by atoms with Crippen LogP contribution in [0.15, 0.2) is 18.2 Å². The third-order valence-corrected chi connectivity index (χ3v) is 6.68. The van der Waals surface area contributed by atoms with Gasteiger partial charge >= 0.3 is 0 Å². The first-order chi connectivity index (χ1) is 12.0. The molecule has 3 heterocycles. The van der Waals surface area contributed by atoms with Gasteiger partial charge in [-0.15, -0.1) is 21.5 Å². The Hall–Kier alpha value is -1.77. The van der Waals surface area contributed by atoms with E-state index < -0.39 is 0 Å². The lowest BCUT2D eigenvalue weighted by atomic mass is 10.2. The van der Waals surface area contributed by atoms with E-state index in [2.05, 4.69) is 15.1 Å². The number of hydrogen-bond donors (Lipinski definition) is 0. The van der Waals surface area contributed by atoms with E-state index in [1.807, 2.05) is 6.92 Å². The summed E-state index contributed by atoms with van der Waals surface area (Å²) in [7, 11) is 0. The van der Waals surface area contributed by atoms with Crippen molar-refractivity contribution in [2.45, 2.75) is 6.92 Å². The number of thiophene rings is 1. The fourth-order valence-corrected chi connectivity index (χ4v) is 5.08.